The van der Waals surface area contributed by atoms with E-state index in [1.807, 2.05) is 19.9 Å². The van der Waals surface area contributed by atoms with Crippen LogP contribution in [-0.2, 0) is 0 Å². The molecule has 0 N–H and O–H groups in total. The van der Waals surface area contributed by atoms with Crippen LogP contribution in [-0.4, -0.2) is 9.78 Å². The molecule has 1 aromatic rings. The number of hydrogen-bond acceptors (Lipinski definition) is 3. The minimum atomic E-state index is -0.324. The zero-order valence-corrected chi connectivity index (χ0v) is 6.98. The van der Waals surface area contributed by atoms with Crippen LogP contribution in [0.1, 0.15) is 25.5 Å². The summed E-state index contributed by atoms with van der Waals surface area (Å²) in [6.07, 6.45) is 1.46. The van der Waals surface area contributed by atoms with Crippen molar-refractivity contribution < 1.29 is 0 Å². The largest absolute Gasteiger partial charge is 0.284 e. The molecule has 0 saturated heterocycles. The molecule has 1 rings (SSSR count). The van der Waals surface area contributed by atoms with Gasteiger partial charge in [0, 0.05) is 6.20 Å². The van der Waals surface area contributed by atoms with Crippen LogP contribution >= 0.6 is 0 Å². The Morgan fingerprint density at radius 2 is 2.33 bits per heavy atom. The van der Waals surface area contributed by atoms with Crippen LogP contribution in [0.15, 0.2) is 17.1 Å². The molecule has 1 heterocycles. The minimum absolute atomic E-state index is 0.00852. The summed E-state index contributed by atoms with van der Waals surface area (Å²) < 4.78 is 1.29. The maximum atomic E-state index is 11.3. The van der Waals surface area contributed by atoms with E-state index in [4.69, 9.17) is 5.26 Å². The molecule has 4 heteroatoms. The molecule has 0 aromatic carbocycles. The first-order chi connectivity index (χ1) is 5.66. The van der Waals surface area contributed by atoms with Gasteiger partial charge in [0.05, 0.1) is 6.04 Å². The smallest absolute Gasteiger partial charge is 0.266 e. The summed E-state index contributed by atoms with van der Waals surface area (Å²) in [5, 5.41) is 12.4. The molecule has 0 aliphatic heterocycles. The van der Waals surface area contributed by atoms with Gasteiger partial charge < -0.3 is 0 Å². The van der Waals surface area contributed by atoms with E-state index in [0.717, 1.165) is 0 Å². The molecule has 0 bridgehead atoms. The number of nitriles is 1. The first-order valence-corrected chi connectivity index (χ1v) is 3.64. The van der Waals surface area contributed by atoms with Gasteiger partial charge in [-0.15, -0.1) is 0 Å². The van der Waals surface area contributed by atoms with Gasteiger partial charge in [-0.3, -0.25) is 4.79 Å². The quantitative estimate of drug-likeness (QED) is 0.612. The van der Waals surface area contributed by atoms with Crippen molar-refractivity contribution in [3.05, 3.63) is 28.2 Å². The van der Waals surface area contributed by atoms with E-state index in [2.05, 4.69) is 5.10 Å². The third-order valence-corrected chi connectivity index (χ3v) is 1.48. The monoisotopic (exact) mass is 163 g/mol. The Kier molecular flexibility index (Phi) is 2.24. The van der Waals surface area contributed by atoms with Gasteiger partial charge in [0.1, 0.15) is 11.6 Å². The predicted molar refractivity (Wildman–Crippen MR) is 43.6 cm³/mol. The van der Waals surface area contributed by atoms with Crippen molar-refractivity contribution in [2.75, 3.05) is 0 Å². The highest BCUT2D eigenvalue weighted by Crippen LogP contribution is 1.96. The summed E-state index contributed by atoms with van der Waals surface area (Å²) >= 11 is 0. The number of nitrogens with zero attached hydrogens (tertiary/aromatic N) is 3. The molecular weight excluding hydrogens is 154 g/mol. The summed E-state index contributed by atoms with van der Waals surface area (Å²) in [4.78, 5) is 11.3. The Morgan fingerprint density at radius 1 is 1.67 bits per heavy atom. The first-order valence-electron chi connectivity index (χ1n) is 3.64. The zero-order chi connectivity index (χ0) is 9.14. The molecule has 0 atom stereocenters. The molecule has 12 heavy (non-hydrogen) atoms. The lowest BCUT2D eigenvalue weighted by molar-refractivity contribution is 0.501. The maximum absolute atomic E-state index is 11.3. The molecule has 0 aliphatic rings. The normalized spacial score (nSPS) is 9.83. The van der Waals surface area contributed by atoms with Crippen molar-refractivity contribution in [2.24, 2.45) is 0 Å². The predicted octanol–water partition coefficient (Wildman–Crippen LogP) is 0.696. The second-order valence-electron chi connectivity index (χ2n) is 2.70. The van der Waals surface area contributed by atoms with Crippen LogP contribution in [0.4, 0.5) is 0 Å². The molecule has 0 aliphatic carbocycles. The average Bonchev–Trinajstić information content (AvgIpc) is 2.04. The number of aromatic nitrogens is 2. The fourth-order valence-electron chi connectivity index (χ4n) is 0.880. The highest BCUT2D eigenvalue weighted by Gasteiger charge is 2.04. The fraction of sp³-hybridized carbons (Fsp3) is 0.375. The molecule has 4 nitrogen and oxygen atoms in total. The Balaban J connectivity index is 3.36. The van der Waals surface area contributed by atoms with E-state index in [0.29, 0.717) is 0 Å². The van der Waals surface area contributed by atoms with E-state index >= 15 is 0 Å². The molecule has 0 unspecified atom stereocenters. The summed E-state index contributed by atoms with van der Waals surface area (Å²) in [6.45, 7) is 3.69. The Labute approximate surface area is 70.1 Å². The third kappa shape index (κ3) is 1.35. The number of hydrogen-bond donors (Lipinski definition) is 0. The molecule has 0 radical (unpaired) electrons. The van der Waals surface area contributed by atoms with E-state index in [1.54, 1.807) is 0 Å². The van der Waals surface area contributed by atoms with Crippen LogP contribution in [0.3, 0.4) is 0 Å². The molecule has 0 spiro atoms. The van der Waals surface area contributed by atoms with Gasteiger partial charge in [0.15, 0.2) is 0 Å². The van der Waals surface area contributed by atoms with E-state index in [-0.39, 0.29) is 17.2 Å². The van der Waals surface area contributed by atoms with Crippen molar-refractivity contribution in [1.29, 1.82) is 5.26 Å². The van der Waals surface area contributed by atoms with Crippen molar-refractivity contribution in [2.45, 2.75) is 19.9 Å². The molecule has 1 aromatic heterocycles. The van der Waals surface area contributed by atoms with Crippen LogP contribution < -0.4 is 5.56 Å². The second kappa shape index (κ2) is 3.18. The van der Waals surface area contributed by atoms with Gasteiger partial charge in [0.2, 0.25) is 0 Å². The summed E-state index contributed by atoms with van der Waals surface area (Å²) in [5.41, 5.74) is -0.186. The van der Waals surface area contributed by atoms with Crippen LogP contribution in [0.5, 0.6) is 0 Å². The van der Waals surface area contributed by atoms with E-state index in [1.165, 1.54) is 16.9 Å². The first kappa shape index (κ1) is 8.47. The lowest BCUT2D eigenvalue weighted by Gasteiger charge is -2.06. The topological polar surface area (TPSA) is 58.7 Å². The standard InChI is InChI=1S/C8H9N3O/c1-6(2)11-8(12)7(5-9)3-4-10-11/h3-4,6H,1-2H3. The van der Waals surface area contributed by atoms with Crippen molar-refractivity contribution in [3.8, 4) is 6.07 Å². The zero-order valence-electron chi connectivity index (χ0n) is 6.98. The molecule has 62 valence electrons. The summed E-state index contributed by atoms with van der Waals surface area (Å²) in [7, 11) is 0. The highest BCUT2D eigenvalue weighted by molar-refractivity contribution is 5.23. The van der Waals surface area contributed by atoms with Crippen LogP contribution in [0, 0.1) is 11.3 Å². The molecular formula is C8H9N3O. The number of rotatable bonds is 1. The maximum Gasteiger partial charge on any atom is 0.284 e. The van der Waals surface area contributed by atoms with Crippen molar-refractivity contribution in [1.82, 2.24) is 9.78 Å². The molecule has 0 fully saturated rings. The van der Waals surface area contributed by atoms with E-state index < -0.39 is 0 Å². The van der Waals surface area contributed by atoms with Gasteiger partial charge in [-0.05, 0) is 19.9 Å². The summed E-state index contributed by atoms with van der Waals surface area (Å²) in [6, 6.07) is 3.23. The molecule has 0 saturated carbocycles. The minimum Gasteiger partial charge on any atom is -0.266 e. The van der Waals surface area contributed by atoms with Crippen LogP contribution in [0.25, 0.3) is 0 Å². The van der Waals surface area contributed by atoms with Crippen molar-refractivity contribution >= 4 is 0 Å². The van der Waals surface area contributed by atoms with Crippen LogP contribution in [0.2, 0.25) is 0 Å². The molecule has 0 amide bonds. The summed E-state index contributed by atoms with van der Waals surface area (Å²) in [5.74, 6) is 0. The Bertz CT molecular complexity index is 373. The van der Waals surface area contributed by atoms with E-state index in [9.17, 15) is 4.79 Å². The SMILES string of the molecule is CC(C)n1nccc(C#N)c1=O. The van der Waals surface area contributed by atoms with Gasteiger partial charge >= 0.3 is 0 Å². The third-order valence-electron chi connectivity index (χ3n) is 1.48. The Hall–Kier alpha value is -1.63. The van der Waals surface area contributed by atoms with Gasteiger partial charge in [-0.2, -0.15) is 10.4 Å². The highest BCUT2D eigenvalue weighted by atomic mass is 16.1. The fourth-order valence-corrected chi connectivity index (χ4v) is 0.880. The Morgan fingerprint density at radius 3 is 2.83 bits per heavy atom. The average molecular weight is 163 g/mol. The van der Waals surface area contributed by atoms with Gasteiger partial charge in [-0.25, -0.2) is 4.68 Å². The second-order valence-corrected chi connectivity index (χ2v) is 2.70. The van der Waals surface area contributed by atoms with Crippen molar-refractivity contribution in [3.63, 3.8) is 0 Å². The lowest BCUT2D eigenvalue weighted by Crippen LogP contribution is -2.26. The van der Waals surface area contributed by atoms with Gasteiger partial charge in [-0.1, -0.05) is 0 Å². The lowest BCUT2D eigenvalue weighted by atomic mass is 10.3. The van der Waals surface area contributed by atoms with Gasteiger partial charge in [0.25, 0.3) is 5.56 Å².